The van der Waals surface area contributed by atoms with Gasteiger partial charge in [-0.25, -0.2) is 0 Å². The molecule has 0 saturated heterocycles. The van der Waals surface area contributed by atoms with Crippen molar-refractivity contribution in [2.45, 2.75) is 25.8 Å². The number of rotatable bonds is 5. The van der Waals surface area contributed by atoms with Crippen molar-refractivity contribution in [2.75, 3.05) is 20.6 Å². The van der Waals surface area contributed by atoms with Gasteiger partial charge in [-0.3, -0.25) is 4.68 Å². The van der Waals surface area contributed by atoms with Gasteiger partial charge in [0.15, 0.2) is 0 Å². The van der Waals surface area contributed by atoms with E-state index in [9.17, 15) is 0 Å². The highest BCUT2D eigenvalue weighted by atomic mass is 79.9. The molecule has 0 aliphatic carbocycles. The van der Waals surface area contributed by atoms with Crippen molar-refractivity contribution < 1.29 is 0 Å². The van der Waals surface area contributed by atoms with Gasteiger partial charge in [0.2, 0.25) is 0 Å². The van der Waals surface area contributed by atoms with Crippen LogP contribution in [0.4, 0.5) is 0 Å². The number of aromatic nitrogens is 2. The Morgan fingerprint density at radius 2 is 2.12 bits per heavy atom. The normalized spacial score (nSPS) is 13.4. The van der Waals surface area contributed by atoms with Gasteiger partial charge in [-0.2, -0.15) is 5.10 Å². The Hall–Kier alpha value is -0.390. The maximum Gasteiger partial charge on any atom is 0.0738 e. The van der Waals surface area contributed by atoms with E-state index in [2.05, 4.69) is 40.0 Å². The molecule has 0 fully saturated rings. The predicted octanol–water partition coefficient (Wildman–Crippen LogP) is 1.31. The summed E-state index contributed by atoms with van der Waals surface area (Å²) in [6.07, 6.45) is 1.87. The minimum atomic E-state index is 0.188. The molecule has 1 aromatic rings. The highest BCUT2D eigenvalue weighted by Gasteiger charge is 2.14. The van der Waals surface area contributed by atoms with E-state index in [0.717, 1.165) is 29.6 Å². The average molecular weight is 289 g/mol. The van der Waals surface area contributed by atoms with Crippen LogP contribution < -0.4 is 5.73 Å². The van der Waals surface area contributed by atoms with Crippen molar-refractivity contribution in [1.29, 1.82) is 0 Å². The molecular formula is C11H21BrN4. The molecule has 1 aromatic heterocycles. The molecule has 0 bridgehead atoms. The smallest absolute Gasteiger partial charge is 0.0738 e. The van der Waals surface area contributed by atoms with E-state index in [4.69, 9.17) is 5.73 Å². The fraction of sp³-hybridized carbons (Fsp3) is 0.727. The van der Waals surface area contributed by atoms with Gasteiger partial charge in [-0.05, 0) is 49.9 Å². The van der Waals surface area contributed by atoms with E-state index in [-0.39, 0.29) is 6.04 Å². The maximum atomic E-state index is 6.11. The minimum Gasteiger partial charge on any atom is -0.327 e. The van der Waals surface area contributed by atoms with Crippen molar-refractivity contribution >= 4 is 15.9 Å². The third-order valence-corrected chi connectivity index (χ3v) is 3.70. The van der Waals surface area contributed by atoms with Crippen LogP contribution >= 0.6 is 15.9 Å². The number of aryl methyl sites for hydroxylation is 2. The second kappa shape index (κ2) is 5.80. The zero-order valence-corrected chi connectivity index (χ0v) is 12.1. The lowest BCUT2D eigenvalue weighted by Gasteiger charge is -2.15. The molecule has 5 heteroatoms. The van der Waals surface area contributed by atoms with Gasteiger partial charge in [-0.15, -0.1) is 0 Å². The van der Waals surface area contributed by atoms with Crippen LogP contribution in [-0.2, 0) is 13.5 Å². The largest absolute Gasteiger partial charge is 0.327 e. The third kappa shape index (κ3) is 3.57. The van der Waals surface area contributed by atoms with Crippen LogP contribution in [0.15, 0.2) is 4.47 Å². The number of halogens is 1. The summed E-state index contributed by atoms with van der Waals surface area (Å²) in [5.74, 6) is 0. The van der Waals surface area contributed by atoms with E-state index in [0.29, 0.717) is 0 Å². The predicted molar refractivity (Wildman–Crippen MR) is 70.5 cm³/mol. The lowest BCUT2D eigenvalue weighted by molar-refractivity contribution is 0.378. The molecule has 16 heavy (non-hydrogen) atoms. The van der Waals surface area contributed by atoms with Crippen molar-refractivity contribution in [3.8, 4) is 0 Å². The van der Waals surface area contributed by atoms with Crippen LogP contribution in [-0.4, -0.2) is 41.4 Å². The lowest BCUT2D eigenvalue weighted by atomic mass is 10.1. The van der Waals surface area contributed by atoms with Crippen LogP contribution in [0.2, 0.25) is 0 Å². The van der Waals surface area contributed by atoms with Crippen molar-refractivity contribution in [3.05, 3.63) is 15.9 Å². The van der Waals surface area contributed by atoms with E-state index in [1.54, 1.807) is 0 Å². The topological polar surface area (TPSA) is 47.1 Å². The summed E-state index contributed by atoms with van der Waals surface area (Å²) >= 11 is 3.56. The van der Waals surface area contributed by atoms with Crippen molar-refractivity contribution in [3.63, 3.8) is 0 Å². The lowest BCUT2D eigenvalue weighted by Crippen LogP contribution is -2.29. The number of nitrogens with two attached hydrogens (primary N) is 1. The molecule has 4 nitrogen and oxygen atoms in total. The third-order valence-electron chi connectivity index (χ3n) is 2.66. The first kappa shape index (κ1) is 13.7. The first-order chi connectivity index (χ1) is 7.41. The average Bonchev–Trinajstić information content (AvgIpc) is 2.42. The van der Waals surface area contributed by atoms with E-state index < -0.39 is 0 Å². The van der Waals surface area contributed by atoms with Crippen LogP contribution in [0.5, 0.6) is 0 Å². The van der Waals surface area contributed by atoms with Crippen molar-refractivity contribution in [2.24, 2.45) is 12.8 Å². The Morgan fingerprint density at radius 1 is 1.50 bits per heavy atom. The van der Waals surface area contributed by atoms with Gasteiger partial charge < -0.3 is 10.6 Å². The molecule has 0 aliphatic heterocycles. The summed E-state index contributed by atoms with van der Waals surface area (Å²) in [6.45, 7) is 3.02. The van der Waals surface area contributed by atoms with E-state index >= 15 is 0 Å². The Labute approximate surface area is 106 Å². The Bertz CT molecular complexity index is 346. The maximum absolute atomic E-state index is 6.11. The van der Waals surface area contributed by atoms with E-state index in [1.165, 1.54) is 5.69 Å². The molecule has 0 radical (unpaired) electrons. The van der Waals surface area contributed by atoms with Gasteiger partial charge in [0.1, 0.15) is 0 Å². The number of hydrogen-bond donors (Lipinski definition) is 1. The molecule has 0 amide bonds. The fourth-order valence-corrected chi connectivity index (χ4v) is 2.17. The van der Waals surface area contributed by atoms with E-state index in [1.807, 2.05) is 18.7 Å². The Morgan fingerprint density at radius 3 is 2.56 bits per heavy atom. The first-order valence-electron chi connectivity index (χ1n) is 5.50. The summed E-state index contributed by atoms with van der Waals surface area (Å²) in [6, 6.07) is 0.188. The van der Waals surface area contributed by atoms with Gasteiger partial charge >= 0.3 is 0 Å². The standard InChI is InChI=1S/C11H21BrN4/c1-8-11(12)10(16(4)14-8)7-9(13)5-6-15(2)3/h9H,5-7,13H2,1-4H3. The Kier molecular flexibility index (Phi) is 4.95. The Balaban J connectivity index is 2.59. The molecule has 1 atom stereocenters. The second-order valence-corrected chi connectivity index (χ2v) is 5.32. The molecular weight excluding hydrogens is 268 g/mol. The summed E-state index contributed by atoms with van der Waals surface area (Å²) in [7, 11) is 6.10. The van der Waals surface area contributed by atoms with Crippen LogP contribution in [0.3, 0.4) is 0 Å². The highest BCUT2D eigenvalue weighted by Crippen LogP contribution is 2.21. The minimum absolute atomic E-state index is 0.188. The molecule has 0 aromatic carbocycles. The molecule has 1 rings (SSSR count). The number of hydrogen-bond acceptors (Lipinski definition) is 3. The molecule has 1 heterocycles. The molecule has 0 saturated carbocycles. The SMILES string of the molecule is Cc1nn(C)c(CC(N)CCN(C)C)c1Br. The molecule has 92 valence electrons. The highest BCUT2D eigenvalue weighted by molar-refractivity contribution is 9.10. The quantitative estimate of drug-likeness (QED) is 0.889. The van der Waals surface area contributed by atoms with Crippen LogP contribution in [0, 0.1) is 6.92 Å². The van der Waals surface area contributed by atoms with Crippen LogP contribution in [0.25, 0.3) is 0 Å². The molecule has 0 aliphatic rings. The summed E-state index contributed by atoms with van der Waals surface area (Å²) in [5.41, 5.74) is 8.32. The monoisotopic (exact) mass is 288 g/mol. The zero-order chi connectivity index (χ0) is 12.3. The zero-order valence-electron chi connectivity index (χ0n) is 10.5. The first-order valence-corrected chi connectivity index (χ1v) is 6.29. The van der Waals surface area contributed by atoms with Gasteiger partial charge in [0.05, 0.1) is 15.9 Å². The van der Waals surface area contributed by atoms with Crippen LogP contribution in [0.1, 0.15) is 17.8 Å². The van der Waals surface area contributed by atoms with Crippen molar-refractivity contribution in [1.82, 2.24) is 14.7 Å². The molecule has 0 spiro atoms. The summed E-state index contributed by atoms with van der Waals surface area (Å²) in [5, 5.41) is 4.36. The van der Waals surface area contributed by atoms with Gasteiger partial charge in [0.25, 0.3) is 0 Å². The number of nitrogens with zero attached hydrogens (tertiary/aromatic N) is 3. The second-order valence-electron chi connectivity index (χ2n) is 4.53. The summed E-state index contributed by atoms with van der Waals surface area (Å²) < 4.78 is 3.00. The molecule has 2 N–H and O–H groups in total. The van der Waals surface area contributed by atoms with Gasteiger partial charge in [-0.1, -0.05) is 0 Å². The van der Waals surface area contributed by atoms with Gasteiger partial charge in [0, 0.05) is 19.5 Å². The molecule has 1 unspecified atom stereocenters. The fourth-order valence-electron chi connectivity index (χ4n) is 1.68. The summed E-state index contributed by atoms with van der Waals surface area (Å²) in [4.78, 5) is 2.16.